The number of benzene rings is 1. The van der Waals surface area contributed by atoms with Crippen LogP contribution in [-0.4, -0.2) is 46.5 Å². The molecule has 3 heterocycles. The van der Waals surface area contributed by atoms with E-state index in [1.54, 1.807) is 24.3 Å². The van der Waals surface area contributed by atoms with Crippen LogP contribution in [0.15, 0.2) is 28.8 Å². The van der Waals surface area contributed by atoms with Gasteiger partial charge in [-0.2, -0.15) is 5.26 Å². The Labute approximate surface area is 189 Å². The maximum atomic E-state index is 12.7. The number of hydrogen-bond donors (Lipinski definition) is 2. The molecule has 9 nitrogen and oxygen atoms in total. The van der Waals surface area contributed by atoms with Crippen molar-refractivity contribution in [2.45, 2.75) is 39.2 Å². The summed E-state index contributed by atoms with van der Waals surface area (Å²) in [6.45, 7) is 4.97. The van der Waals surface area contributed by atoms with Crippen LogP contribution in [0, 0.1) is 11.3 Å². The molecule has 2 N–H and O–H groups in total. The number of fused-ring (bicyclic) bond motifs is 1. The number of nitrogens with one attached hydrogen (secondary N) is 1. The fraction of sp³-hybridized carbons (Fsp3) is 0.364. The first-order valence-electron chi connectivity index (χ1n) is 10.2. The second kappa shape index (κ2) is 9.12. The van der Waals surface area contributed by atoms with Crippen LogP contribution in [0.2, 0.25) is 5.02 Å². The zero-order valence-corrected chi connectivity index (χ0v) is 18.4. The number of morpholine rings is 1. The minimum Gasteiger partial charge on any atom is -0.390 e. The molecule has 1 aliphatic heterocycles. The van der Waals surface area contributed by atoms with Crippen molar-refractivity contribution in [3.8, 4) is 6.07 Å². The summed E-state index contributed by atoms with van der Waals surface area (Å²) in [5.41, 5.74) is 2.63. The molecular formula is C22H22ClN5O4. The Hall–Kier alpha value is -3.19. The predicted molar refractivity (Wildman–Crippen MR) is 117 cm³/mol. The highest BCUT2D eigenvalue weighted by molar-refractivity contribution is 6.37. The summed E-state index contributed by atoms with van der Waals surface area (Å²) in [4.78, 5) is 19.2. The molecule has 32 heavy (non-hydrogen) atoms. The van der Waals surface area contributed by atoms with E-state index >= 15 is 0 Å². The lowest BCUT2D eigenvalue weighted by atomic mass is 10.1. The third kappa shape index (κ3) is 4.25. The fourth-order valence-corrected chi connectivity index (χ4v) is 4.21. The number of pyridine rings is 1. The minimum atomic E-state index is -0.484. The van der Waals surface area contributed by atoms with Gasteiger partial charge in [0.25, 0.3) is 5.91 Å². The lowest BCUT2D eigenvalue weighted by Gasteiger charge is -2.37. The SMILES string of the molecule is C[C@@H]1CN(c2c(CO)nc3c(C(=O)NCc4ccc(C#N)cc4)noc3c2Cl)C[C@H](C)O1. The molecule has 1 aliphatic rings. The van der Waals surface area contributed by atoms with E-state index in [1.807, 2.05) is 24.8 Å². The monoisotopic (exact) mass is 455 g/mol. The van der Waals surface area contributed by atoms with Gasteiger partial charge in [0.2, 0.25) is 5.58 Å². The molecule has 1 amide bonds. The van der Waals surface area contributed by atoms with Gasteiger partial charge in [-0.05, 0) is 31.5 Å². The van der Waals surface area contributed by atoms with E-state index in [-0.39, 0.29) is 47.2 Å². The highest BCUT2D eigenvalue weighted by Gasteiger charge is 2.30. The Morgan fingerprint density at radius 1 is 1.31 bits per heavy atom. The number of nitrogens with zero attached hydrogens (tertiary/aromatic N) is 4. The van der Waals surface area contributed by atoms with Gasteiger partial charge >= 0.3 is 0 Å². The van der Waals surface area contributed by atoms with Crippen LogP contribution < -0.4 is 10.2 Å². The predicted octanol–water partition coefficient (Wildman–Crippen LogP) is 2.78. The number of rotatable bonds is 5. The molecule has 0 aliphatic carbocycles. The van der Waals surface area contributed by atoms with Gasteiger partial charge in [-0.3, -0.25) is 4.79 Å². The van der Waals surface area contributed by atoms with Gasteiger partial charge in [0, 0.05) is 19.6 Å². The molecule has 0 spiro atoms. The van der Waals surface area contributed by atoms with Crippen molar-refractivity contribution in [2.75, 3.05) is 18.0 Å². The maximum Gasteiger partial charge on any atom is 0.276 e. The average molecular weight is 456 g/mol. The zero-order valence-electron chi connectivity index (χ0n) is 17.6. The zero-order chi connectivity index (χ0) is 22.8. The van der Waals surface area contributed by atoms with Gasteiger partial charge < -0.3 is 24.6 Å². The van der Waals surface area contributed by atoms with Crippen LogP contribution in [0.3, 0.4) is 0 Å². The van der Waals surface area contributed by atoms with Crippen molar-refractivity contribution in [1.82, 2.24) is 15.5 Å². The summed E-state index contributed by atoms with van der Waals surface area (Å²) in [6, 6.07) is 8.92. The number of amides is 1. The van der Waals surface area contributed by atoms with Crippen molar-refractivity contribution in [3.63, 3.8) is 0 Å². The molecular weight excluding hydrogens is 434 g/mol. The number of carbonyl (C=O) groups is 1. The van der Waals surface area contributed by atoms with E-state index in [0.29, 0.717) is 30.0 Å². The summed E-state index contributed by atoms with van der Waals surface area (Å²) in [6.07, 6.45) is -0.0364. The quantitative estimate of drug-likeness (QED) is 0.601. The van der Waals surface area contributed by atoms with Crippen molar-refractivity contribution < 1.29 is 19.2 Å². The Kier molecular flexibility index (Phi) is 6.28. The molecule has 166 valence electrons. The number of halogens is 1. The molecule has 1 fully saturated rings. The molecule has 2 atom stereocenters. The highest BCUT2D eigenvalue weighted by Crippen LogP contribution is 2.37. The molecule has 0 bridgehead atoms. The van der Waals surface area contributed by atoms with Gasteiger partial charge in [-0.1, -0.05) is 28.9 Å². The molecule has 2 aromatic heterocycles. The third-order valence-electron chi connectivity index (χ3n) is 5.23. The van der Waals surface area contributed by atoms with Crippen molar-refractivity contribution in [1.29, 1.82) is 5.26 Å². The summed E-state index contributed by atoms with van der Waals surface area (Å²) in [7, 11) is 0. The van der Waals surface area contributed by atoms with Gasteiger partial charge in [0.1, 0.15) is 10.5 Å². The normalized spacial score (nSPS) is 18.5. The van der Waals surface area contributed by atoms with E-state index in [4.69, 9.17) is 26.1 Å². The van der Waals surface area contributed by atoms with Crippen LogP contribution in [0.4, 0.5) is 5.69 Å². The van der Waals surface area contributed by atoms with Gasteiger partial charge in [-0.25, -0.2) is 4.98 Å². The topological polar surface area (TPSA) is 125 Å². The molecule has 0 radical (unpaired) electrons. The summed E-state index contributed by atoms with van der Waals surface area (Å²) in [5, 5.41) is 25.8. The standard InChI is InChI=1S/C22H22ClN5O4/c1-12-9-28(10-13(2)31-12)20-16(11-29)26-18-19(27-32-21(18)17(20)23)22(30)25-8-15-5-3-14(7-24)4-6-15/h3-6,12-13,29H,8-11H2,1-2H3,(H,25,30)/t12-,13+. The highest BCUT2D eigenvalue weighted by atomic mass is 35.5. The van der Waals surface area contributed by atoms with Crippen LogP contribution in [0.25, 0.3) is 11.1 Å². The summed E-state index contributed by atoms with van der Waals surface area (Å²) < 4.78 is 11.2. The lowest BCUT2D eigenvalue weighted by molar-refractivity contribution is -0.00533. The van der Waals surface area contributed by atoms with E-state index < -0.39 is 5.91 Å². The van der Waals surface area contributed by atoms with E-state index in [1.165, 1.54) is 0 Å². The van der Waals surface area contributed by atoms with Gasteiger partial charge in [0.15, 0.2) is 5.69 Å². The number of aromatic nitrogens is 2. The second-order valence-electron chi connectivity index (χ2n) is 7.74. The van der Waals surface area contributed by atoms with E-state index in [9.17, 15) is 9.90 Å². The molecule has 0 unspecified atom stereocenters. The first kappa shape index (κ1) is 22.0. The number of aliphatic hydroxyl groups is 1. The molecule has 4 rings (SSSR count). The van der Waals surface area contributed by atoms with Gasteiger partial charge in [0.05, 0.1) is 41.8 Å². The third-order valence-corrected chi connectivity index (χ3v) is 5.58. The first-order chi connectivity index (χ1) is 15.4. The maximum absolute atomic E-state index is 12.7. The second-order valence-corrected chi connectivity index (χ2v) is 8.12. The smallest absolute Gasteiger partial charge is 0.276 e. The van der Waals surface area contributed by atoms with Crippen molar-refractivity contribution >= 4 is 34.3 Å². The number of ether oxygens (including phenoxy) is 1. The number of carbonyl (C=O) groups excluding carboxylic acids is 1. The Morgan fingerprint density at radius 2 is 2.00 bits per heavy atom. The van der Waals surface area contributed by atoms with Crippen LogP contribution >= 0.6 is 11.6 Å². The van der Waals surface area contributed by atoms with Gasteiger partial charge in [-0.15, -0.1) is 0 Å². The summed E-state index contributed by atoms with van der Waals surface area (Å²) >= 11 is 6.65. The van der Waals surface area contributed by atoms with E-state index in [2.05, 4.69) is 15.5 Å². The molecule has 1 saturated heterocycles. The Morgan fingerprint density at radius 3 is 2.62 bits per heavy atom. The van der Waals surface area contributed by atoms with E-state index in [0.717, 1.165) is 5.56 Å². The number of anilines is 1. The lowest BCUT2D eigenvalue weighted by Crippen LogP contribution is -2.46. The average Bonchev–Trinajstić information content (AvgIpc) is 3.21. The summed E-state index contributed by atoms with van der Waals surface area (Å²) in [5.74, 6) is -0.484. The first-order valence-corrected chi connectivity index (χ1v) is 10.5. The Bertz CT molecular complexity index is 1180. The number of aliphatic hydroxyl groups excluding tert-OH is 1. The molecule has 3 aromatic rings. The largest absolute Gasteiger partial charge is 0.390 e. The molecule has 10 heteroatoms. The minimum absolute atomic E-state index is 0.0134. The van der Waals surface area contributed by atoms with Crippen LogP contribution in [-0.2, 0) is 17.9 Å². The number of nitriles is 1. The molecule has 1 aromatic carbocycles. The number of hydrogen-bond acceptors (Lipinski definition) is 8. The Balaban J connectivity index is 1.62. The van der Waals surface area contributed by atoms with Crippen LogP contribution in [0.5, 0.6) is 0 Å². The van der Waals surface area contributed by atoms with Crippen molar-refractivity contribution in [2.24, 2.45) is 0 Å². The van der Waals surface area contributed by atoms with Crippen LogP contribution in [0.1, 0.15) is 41.2 Å². The molecule has 0 saturated carbocycles. The van der Waals surface area contributed by atoms with Crippen molar-refractivity contribution in [3.05, 3.63) is 51.8 Å². The fourth-order valence-electron chi connectivity index (χ4n) is 3.86.